The monoisotopic (exact) mass is 114 g/mol. The molecule has 0 bridgehead atoms. The quantitative estimate of drug-likeness (QED) is 0.347. The molecule has 0 aromatic heterocycles. The van der Waals surface area contributed by atoms with Gasteiger partial charge in [0.05, 0.1) is 6.54 Å². The second-order valence-electron chi connectivity index (χ2n) is 0.963. The van der Waals surface area contributed by atoms with Gasteiger partial charge in [0.15, 0.2) is 0 Å². The molecular formula is C4H6N2O2. The fourth-order valence-corrected chi connectivity index (χ4v) is 0.165. The second-order valence-corrected chi connectivity index (χ2v) is 0.963. The van der Waals surface area contributed by atoms with Crippen molar-refractivity contribution in [3.8, 4) is 12.3 Å². The van der Waals surface area contributed by atoms with Gasteiger partial charge in [-0.15, -0.1) is 6.42 Å². The Labute approximate surface area is 47.0 Å². The molecule has 3 N–H and O–H groups in total. The van der Waals surface area contributed by atoms with Crippen molar-refractivity contribution in [3.63, 3.8) is 0 Å². The lowest BCUT2D eigenvalue weighted by Crippen LogP contribution is -2.26. The van der Waals surface area contributed by atoms with E-state index in [0.717, 1.165) is 0 Å². The van der Waals surface area contributed by atoms with Crippen LogP contribution < -0.4 is 11.2 Å². The summed E-state index contributed by atoms with van der Waals surface area (Å²) in [5.41, 5.74) is 0. The Morgan fingerprint density at radius 2 is 2.62 bits per heavy atom. The van der Waals surface area contributed by atoms with E-state index in [-0.39, 0.29) is 6.54 Å². The first kappa shape index (κ1) is 6.79. The van der Waals surface area contributed by atoms with Crippen LogP contribution in [0.4, 0.5) is 4.79 Å². The summed E-state index contributed by atoms with van der Waals surface area (Å²) in [6, 6.07) is 0. The van der Waals surface area contributed by atoms with E-state index in [1.807, 2.05) is 0 Å². The zero-order valence-corrected chi connectivity index (χ0v) is 4.18. The van der Waals surface area contributed by atoms with Crippen molar-refractivity contribution in [2.24, 2.45) is 5.90 Å². The topological polar surface area (TPSA) is 64.3 Å². The van der Waals surface area contributed by atoms with E-state index in [1.54, 1.807) is 0 Å². The van der Waals surface area contributed by atoms with Crippen molar-refractivity contribution in [2.75, 3.05) is 6.54 Å². The second kappa shape index (κ2) is 3.96. The third-order valence-corrected chi connectivity index (χ3v) is 0.442. The molecule has 0 rings (SSSR count). The number of carbonyl (C=O) groups is 1. The third kappa shape index (κ3) is 3.00. The molecule has 0 aliphatic heterocycles. The number of nitrogens with two attached hydrogens (primary N) is 1. The lowest BCUT2D eigenvalue weighted by atomic mass is 10.7. The summed E-state index contributed by atoms with van der Waals surface area (Å²) in [5, 5.41) is 2.16. The number of hydrogen-bond donors (Lipinski definition) is 2. The van der Waals surface area contributed by atoms with E-state index in [0.29, 0.717) is 0 Å². The molecule has 8 heavy (non-hydrogen) atoms. The Bertz CT molecular complexity index is 116. The number of terminal acetylenes is 1. The van der Waals surface area contributed by atoms with Crippen molar-refractivity contribution in [2.45, 2.75) is 0 Å². The highest BCUT2D eigenvalue weighted by molar-refractivity contribution is 5.66. The molecule has 0 unspecified atom stereocenters. The van der Waals surface area contributed by atoms with Gasteiger partial charge in [0.25, 0.3) is 0 Å². The number of amides is 1. The van der Waals surface area contributed by atoms with Crippen LogP contribution in [0.3, 0.4) is 0 Å². The van der Waals surface area contributed by atoms with Gasteiger partial charge >= 0.3 is 6.09 Å². The SMILES string of the molecule is C#CCNC(=O)ON. The van der Waals surface area contributed by atoms with Gasteiger partial charge in [0, 0.05) is 0 Å². The van der Waals surface area contributed by atoms with Gasteiger partial charge in [-0.25, -0.2) is 4.79 Å². The molecular weight excluding hydrogens is 108 g/mol. The zero-order valence-electron chi connectivity index (χ0n) is 4.18. The van der Waals surface area contributed by atoms with Crippen molar-refractivity contribution < 1.29 is 9.63 Å². The van der Waals surface area contributed by atoms with E-state index in [9.17, 15) is 4.79 Å². The molecule has 0 saturated heterocycles. The molecule has 0 saturated carbocycles. The average Bonchev–Trinajstić information content (AvgIpc) is 1.83. The third-order valence-electron chi connectivity index (χ3n) is 0.442. The van der Waals surface area contributed by atoms with Crippen molar-refractivity contribution in [1.29, 1.82) is 0 Å². The first-order chi connectivity index (χ1) is 3.81. The lowest BCUT2D eigenvalue weighted by Gasteiger charge is -1.93. The zero-order chi connectivity index (χ0) is 6.41. The maximum Gasteiger partial charge on any atom is 0.426 e. The van der Waals surface area contributed by atoms with Crippen LogP contribution in [0.15, 0.2) is 0 Å². The standard InChI is InChI=1S/C4H6N2O2/c1-2-3-6-4(7)8-5/h1H,3,5H2,(H,6,7). The predicted octanol–water partition coefficient (Wildman–Crippen LogP) is -0.780. The Morgan fingerprint density at radius 1 is 2.00 bits per heavy atom. The van der Waals surface area contributed by atoms with Crippen LogP contribution in [-0.4, -0.2) is 12.6 Å². The molecule has 0 radical (unpaired) electrons. The van der Waals surface area contributed by atoms with E-state index in [2.05, 4.69) is 22.0 Å². The fourth-order valence-electron chi connectivity index (χ4n) is 0.165. The molecule has 4 nitrogen and oxygen atoms in total. The fraction of sp³-hybridized carbons (Fsp3) is 0.250. The van der Waals surface area contributed by atoms with Crippen LogP contribution in [0.5, 0.6) is 0 Å². The van der Waals surface area contributed by atoms with Crippen LogP contribution in [0.25, 0.3) is 0 Å². The summed E-state index contributed by atoms with van der Waals surface area (Å²) >= 11 is 0. The van der Waals surface area contributed by atoms with Gasteiger partial charge in [-0.1, -0.05) is 5.92 Å². The number of rotatable bonds is 1. The van der Waals surface area contributed by atoms with E-state index < -0.39 is 6.09 Å². The molecule has 0 aromatic carbocycles. The summed E-state index contributed by atoms with van der Waals surface area (Å²) in [5.74, 6) is 6.60. The summed E-state index contributed by atoms with van der Waals surface area (Å²) in [7, 11) is 0. The summed E-state index contributed by atoms with van der Waals surface area (Å²) < 4.78 is 0. The normalized spacial score (nSPS) is 7.00. The molecule has 1 amide bonds. The molecule has 0 heterocycles. The van der Waals surface area contributed by atoms with Crippen LogP contribution in [0.2, 0.25) is 0 Å². The van der Waals surface area contributed by atoms with Gasteiger partial charge in [0.2, 0.25) is 0 Å². The highest BCUT2D eigenvalue weighted by atomic mass is 16.7. The minimum atomic E-state index is -0.719. The largest absolute Gasteiger partial charge is 0.426 e. The highest BCUT2D eigenvalue weighted by Gasteiger charge is 1.92. The predicted molar refractivity (Wildman–Crippen MR) is 27.5 cm³/mol. The molecule has 0 spiro atoms. The molecule has 0 aliphatic rings. The van der Waals surface area contributed by atoms with Crippen LogP contribution >= 0.6 is 0 Å². The molecule has 44 valence electrons. The molecule has 4 heteroatoms. The Morgan fingerprint density at radius 3 is 3.00 bits per heavy atom. The van der Waals surface area contributed by atoms with Crippen molar-refractivity contribution in [3.05, 3.63) is 0 Å². The summed E-state index contributed by atoms with van der Waals surface area (Å²) in [6.07, 6.45) is 4.05. The minimum absolute atomic E-state index is 0.135. The van der Waals surface area contributed by atoms with E-state index in [1.165, 1.54) is 0 Å². The van der Waals surface area contributed by atoms with Gasteiger partial charge in [-0.05, 0) is 0 Å². The maximum atomic E-state index is 10.0. The van der Waals surface area contributed by atoms with Crippen LogP contribution in [0.1, 0.15) is 0 Å². The van der Waals surface area contributed by atoms with Gasteiger partial charge < -0.3 is 10.2 Å². The first-order valence-electron chi connectivity index (χ1n) is 1.89. The maximum absolute atomic E-state index is 10.0. The molecule has 0 aliphatic carbocycles. The smallest absolute Gasteiger partial charge is 0.357 e. The molecule has 0 aromatic rings. The van der Waals surface area contributed by atoms with E-state index >= 15 is 0 Å². The highest BCUT2D eigenvalue weighted by Crippen LogP contribution is 1.62. The Balaban J connectivity index is 3.15. The van der Waals surface area contributed by atoms with Crippen molar-refractivity contribution >= 4 is 6.09 Å². The Hall–Kier alpha value is -1.21. The van der Waals surface area contributed by atoms with Crippen LogP contribution in [-0.2, 0) is 4.84 Å². The van der Waals surface area contributed by atoms with Crippen molar-refractivity contribution in [1.82, 2.24) is 5.32 Å². The number of hydrogen-bond acceptors (Lipinski definition) is 3. The number of nitrogens with one attached hydrogen (secondary N) is 1. The van der Waals surface area contributed by atoms with Gasteiger partial charge in [-0.2, -0.15) is 5.90 Å². The molecule has 0 fully saturated rings. The first-order valence-corrected chi connectivity index (χ1v) is 1.89. The average molecular weight is 114 g/mol. The van der Waals surface area contributed by atoms with Gasteiger partial charge in [0.1, 0.15) is 0 Å². The summed E-state index contributed by atoms with van der Waals surface area (Å²) in [4.78, 5) is 13.7. The van der Waals surface area contributed by atoms with E-state index in [4.69, 9.17) is 6.42 Å². The van der Waals surface area contributed by atoms with Gasteiger partial charge in [-0.3, -0.25) is 0 Å². The summed E-state index contributed by atoms with van der Waals surface area (Å²) in [6.45, 7) is 0.135. The minimum Gasteiger partial charge on any atom is -0.357 e. The molecule has 0 atom stereocenters. The Kier molecular flexibility index (Phi) is 3.36. The number of carbonyl (C=O) groups excluding carboxylic acids is 1. The van der Waals surface area contributed by atoms with Crippen LogP contribution in [0, 0.1) is 12.3 Å². The lowest BCUT2D eigenvalue weighted by molar-refractivity contribution is 0.149.